The molecule has 0 N–H and O–H groups in total. The molecule has 0 bridgehead atoms. The van der Waals surface area contributed by atoms with Gasteiger partial charge in [-0.3, -0.25) is 9.78 Å². The van der Waals surface area contributed by atoms with Gasteiger partial charge in [-0.25, -0.2) is 0 Å². The van der Waals surface area contributed by atoms with E-state index in [0.717, 1.165) is 20.8 Å². The summed E-state index contributed by atoms with van der Waals surface area (Å²) in [6.45, 7) is 2.33. The number of aliphatic imine (C=N–C) groups is 1. The summed E-state index contributed by atoms with van der Waals surface area (Å²) in [6.07, 6.45) is 5.20. The molecule has 0 fully saturated rings. The molecule has 0 unspecified atom stereocenters. The van der Waals surface area contributed by atoms with Gasteiger partial charge < -0.3 is 4.74 Å². The Balaban J connectivity index is 2.07. The summed E-state index contributed by atoms with van der Waals surface area (Å²) < 4.78 is 6.39. The van der Waals surface area contributed by atoms with Crippen molar-refractivity contribution >= 4 is 50.8 Å². The SMILES string of the molecule is CCOc1c(C#N)cnc2ccc(/C=C3\SC(SC)=NC3=O)cc12. The van der Waals surface area contributed by atoms with Crippen molar-refractivity contribution in [2.24, 2.45) is 4.99 Å². The summed E-state index contributed by atoms with van der Waals surface area (Å²) >= 11 is 2.82. The number of thioether (sulfide) groups is 2. The summed E-state index contributed by atoms with van der Waals surface area (Å²) in [6, 6.07) is 7.72. The van der Waals surface area contributed by atoms with Crippen molar-refractivity contribution < 1.29 is 9.53 Å². The fourth-order valence-corrected chi connectivity index (χ4v) is 3.71. The number of carbonyl (C=O) groups excluding carboxylic acids is 1. The quantitative estimate of drug-likeness (QED) is 0.779. The number of hydrogen-bond acceptors (Lipinski definition) is 6. The van der Waals surface area contributed by atoms with Crippen molar-refractivity contribution in [2.45, 2.75) is 6.92 Å². The van der Waals surface area contributed by atoms with Crippen molar-refractivity contribution in [3.05, 3.63) is 40.4 Å². The van der Waals surface area contributed by atoms with E-state index < -0.39 is 0 Å². The molecule has 1 aliphatic heterocycles. The van der Waals surface area contributed by atoms with Crippen molar-refractivity contribution in [2.75, 3.05) is 12.9 Å². The lowest BCUT2D eigenvalue weighted by Gasteiger charge is -2.09. The zero-order valence-electron chi connectivity index (χ0n) is 13.1. The molecule has 24 heavy (non-hydrogen) atoms. The first-order valence-corrected chi connectivity index (χ1v) is 9.22. The number of nitriles is 1. The van der Waals surface area contributed by atoms with Crippen LogP contribution in [-0.2, 0) is 4.79 Å². The van der Waals surface area contributed by atoms with E-state index in [9.17, 15) is 10.1 Å². The third kappa shape index (κ3) is 3.16. The van der Waals surface area contributed by atoms with Crippen LogP contribution >= 0.6 is 23.5 Å². The van der Waals surface area contributed by atoms with Crippen LogP contribution in [0.5, 0.6) is 5.75 Å². The molecule has 2 aromatic rings. The molecule has 0 spiro atoms. The van der Waals surface area contributed by atoms with E-state index in [1.54, 1.807) is 6.08 Å². The molecular formula is C17H13N3O2S2. The average molecular weight is 355 g/mol. The van der Waals surface area contributed by atoms with E-state index in [4.69, 9.17) is 4.74 Å². The maximum atomic E-state index is 11.9. The second-order valence-corrected chi connectivity index (χ2v) is 6.90. The van der Waals surface area contributed by atoms with Gasteiger partial charge in [0.1, 0.15) is 21.8 Å². The number of carbonyl (C=O) groups is 1. The van der Waals surface area contributed by atoms with Gasteiger partial charge in [0.2, 0.25) is 0 Å². The van der Waals surface area contributed by atoms with Crippen LogP contribution in [0.15, 0.2) is 34.3 Å². The lowest BCUT2D eigenvalue weighted by atomic mass is 10.1. The van der Waals surface area contributed by atoms with E-state index in [1.165, 1.54) is 29.7 Å². The normalized spacial score (nSPS) is 15.6. The average Bonchev–Trinajstić information content (AvgIpc) is 2.95. The molecule has 2 heterocycles. The van der Waals surface area contributed by atoms with E-state index in [1.807, 2.05) is 31.4 Å². The van der Waals surface area contributed by atoms with Crippen LogP contribution in [-0.4, -0.2) is 28.1 Å². The molecule has 120 valence electrons. The molecule has 1 amide bonds. The first kappa shape index (κ1) is 16.6. The summed E-state index contributed by atoms with van der Waals surface area (Å²) in [5.74, 6) is 0.301. The molecule has 1 aromatic carbocycles. The summed E-state index contributed by atoms with van der Waals surface area (Å²) in [5, 5.41) is 10.0. The van der Waals surface area contributed by atoms with E-state index in [2.05, 4.69) is 16.0 Å². The molecule has 0 saturated heterocycles. The maximum absolute atomic E-state index is 11.9. The molecule has 7 heteroatoms. The Morgan fingerprint density at radius 3 is 2.96 bits per heavy atom. The maximum Gasteiger partial charge on any atom is 0.285 e. The van der Waals surface area contributed by atoms with Crippen LogP contribution in [0.4, 0.5) is 0 Å². The van der Waals surface area contributed by atoms with Gasteiger partial charge in [-0.05, 0) is 37.0 Å². The largest absolute Gasteiger partial charge is 0.492 e. The standard InChI is InChI=1S/C17H13N3O2S2/c1-3-22-15-11(8-18)9-19-13-5-4-10(6-12(13)15)7-14-16(21)20-17(23-2)24-14/h4-7,9H,3H2,1-2H3/b14-7-. The number of rotatable bonds is 3. The first-order chi connectivity index (χ1) is 11.7. The Hall–Kier alpha value is -2.30. The highest BCUT2D eigenvalue weighted by atomic mass is 32.2. The highest BCUT2D eigenvalue weighted by Crippen LogP contribution is 2.34. The predicted octanol–water partition coefficient (Wildman–Crippen LogP) is 3.84. The topological polar surface area (TPSA) is 75.3 Å². The van der Waals surface area contributed by atoms with Crippen molar-refractivity contribution in [1.29, 1.82) is 5.26 Å². The Morgan fingerprint density at radius 1 is 1.46 bits per heavy atom. The van der Waals surface area contributed by atoms with Gasteiger partial charge >= 0.3 is 0 Å². The lowest BCUT2D eigenvalue weighted by molar-refractivity contribution is -0.113. The monoisotopic (exact) mass is 355 g/mol. The predicted molar refractivity (Wildman–Crippen MR) is 99.2 cm³/mol. The Bertz CT molecular complexity index is 929. The van der Waals surface area contributed by atoms with Crippen molar-refractivity contribution in [3.63, 3.8) is 0 Å². The van der Waals surface area contributed by atoms with Gasteiger partial charge in [0.25, 0.3) is 5.91 Å². The van der Waals surface area contributed by atoms with Gasteiger partial charge in [-0.15, -0.1) is 11.8 Å². The smallest absolute Gasteiger partial charge is 0.285 e. The van der Waals surface area contributed by atoms with Gasteiger partial charge in [0.15, 0.2) is 0 Å². The summed E-state index contributed by atoms with van der Waals surface area (Å²) in [5.41, 5.74) is 1.98. The van der Waals surface area contributed by atoms with Crippen LogP contribution in [0.25, 0.3) is 17.0 Å². The van der Waals surface area contributed by atoms with Crippen LogP contribution in [0.3, 0.4) is 0 Å². The van der Waals surface area contributed by atoms with Crippen LogP contribution in [0.1, 0.15) is 18.1 Å². The second kappa shape index (κ2) is 7.07. The van der Waals surface area contributed by atoms with Gasteiger partial charge in [-0.1, -0.05) is 17.8 Å². The number of ether oxygens (including phenoxy) is 1. The van der Waals surface area contributed by atoms with E-state index in [0.29, 0.717) is 22.8 Å². The lowest BCUT2D eigenvalue weighted by Crippen LogP contribution is -1.97. The number of amides is 1. The molecule has 5 nitrogen and oxygen atoms in total. The molecule has 1 aliphatic rings. The fraction of sp³-hybridized carbons (Fsp3) is 0.176. The summed E-state index contributed by atoms with van der Waals surface area (Å²) in [7, 11) is 0. The first-order valence-electron chi connectivity index (χ1n) is 7.18. The summed E-state index contributed by atoms with van der Waals surface area (Å²) in [4.78, 5) is 20.8. The zero-order valence-corrected chi connectivity index (χ0v) is 14.7. The number of pyridine rings is 1. The Kier molecular flexibility index (Phi) is 4.88. The van der Waals surface area contributed by atoms with E-state index in [-0.39, 0.29) is 5.91 Å². The van der Waals surface area contributed by atoms with Gasteiger partial charge in [0, 0.05) is 11.6 Å². The zero-order chi connectivity index (χ0) is 17.1. The number of fused-ring (bicyclic) bond motifs is 1. The highest BCUT2D eigenvalue weighted by molar-refractivity contribution is 8.40. The number of aromatic nitrogens is 1. The minimum absolute atomic E-state index is 0.224. The number of benzene rings is 1. The molecule has 0 radical (unpaired) electrons. The van der Waals surface area contributed by atoms with Crippen LogP contribution in [0.2, 0.25) is 0 Å². The van der Waals surface area contributed by atoms with Gasteiger partial charge in [0.05, 0.1) is 17.0 Å². The second-order valence-electron chi connectivity index (χ2n) is 4.82. The molecule has 0 saturated carbocycles. The van der Waals surface area contributed by atoms with E-state index >= 15 is 0 Å². The minimum Gasteiger partial charge on any atom is -0.492 e. The third-order valence-corrected chi connectivity index (χ3v) is 5.29. The Labute approximate surface area is 147 Å². The third-order valence-electron chi connectivity index (χ3n) is 3.32. The molecule has 3 rings (SSSR count). The van der Waals surface area contributed by atoms with Crippen molar-refractivity contribution in [1.82, 2.24) is 4.98 Å². The highest BCUT2D eigenvalue weighted by Gasteiger charge is 2.21. The molecular weight excluding hydrogens is 342 g/mol. The Morgan fingerprint density at radius 2 is 2.29 bits per heavy atom. The van der Waals surface area contributed by atoms with Gasteiger partial charge in [-0.2, -0.15) is 10.3 Å². The number of hydrogen-bond donors (Lipinski definition) is 0. The fourth-order valence-electron chi connectivity index (χ4n) is 2.28. The molecule has 0 atom stereocenters. The molecule has 1 aromatic heterocycles. The van der Waals surface area contributed by atoms with Crippen LogP contribution < -0.4 is 4.74 Å². The minimum atomic E-state index is -0.224. The van der Waals surface area contributed by atoms with Crippen LogP contribution in [0, 0.1) is 11.3 Å². The van der Waals surface area contributed by atoms with Crippen molar-refractivity contribution in [3.8, 4) is 11.8 Å². The molecule has 0 aliphatic carbocycles. The number of nitrogens with zero attached hydrogens (tertiary/aromatic N) is 3.